The van der Waals surface area contributed by atoms with Crippen molar-refractivity contribution < 1.29 is 24.3 Å². The van der Waals surface area contributed by atoms with Crippen LogP contribution in [0.25, 0.3) is 10.9 Å². The van der Waals surface area contributed by atoms with E-state index in [0.717, 1.165) is 22.2 Å². The molecule has 0 saturated heterocycles. The van der Waals surface area contributed by atoms with Crippen molar-refractivity contribution in [1.82, 2.24) is 20.9 Å². The van der Waals surface area contributed by atoms with Gasteiger partial charge in [-0.25, -0.2) is 4.79 Å². The van der Waals surface area contributed by atoms with Gasteiger partial charge in [0, 0.05) is 23.5 Å². The van der Waals surface area contributed by atoms with Crippen LogP contribution in [0.1, 0.15) is 38.7 Å². The van der Waals surface area contributed by atoms with Crippen LogP contribution in [0.15, 0.2) is 30.5 Å². The van der Waals surface area contributed by atoms with Crippen molar-refractivity contribution in [2.24, 2.45) is 11.7 Å². The predicted molar refractivity (Wildman–Crippen MR) is 159 cm³/mol. The quantitative estimate of drug-likeness (QED) is 0.166. The Kier molecular flexibility index (Phi) is 13.7. The molecule has 0 aliphatic carbocycles. The molecule has 2 aromatic rings. The summed E-state index contributed by atoms with van der Waals surface area (Å²) < 4.78 is 0. The van der Waals surface area contributed by atoms with Gasteiger partial charge in [-0.1, -0.05) is 32.0 Å². The number of carbonyl (C=O) groups excluding carboxylic acids is 3. The summed E-state index contributed by atoms with van der Waals surface area (Å²) in [4.78, 5) is 54.4. The van der Waals surface area contributed by atoms with Crippen LogP contribution >= 0.6 is 23.5 Å². The molecular formula is C27H41N5O5S2. The fourth-order valence-electron chi connectivity index (χ4n) is 4.13. The molecule has 4 unspecified atom stereocenters. The SMILES string of the molecule is CSCCC(N)C(=O)NC(CC(C)C)C(=O)NC(CCSC)C(=O)NC(Cc1c[nH]c2ccccc12)C(=O)O. The minimum absolute atomic E-state index is 0.0776. The van der Waals surface area contributed by atoms with Crippen molar-refractivity contribution in [2.45, 2.75) is 63.7 Å². The van der Waals surface area contributed by atoms with Crippen molar-refractivity contribution in [2.75, 3.05) is 24.0 Å². The lowest BCUT2D eigenvalue weighted by atomic mass is 10.0. The summed E-state index contributed by atoms with van der Waals surface area (Å²) in [5, 5.41) is 18.8. The largest absolute Gasteiger partial charge is 0.480 e. The van der Waals surface area contributed by atoms with Crippen LogP contribution in [0.4, 0.5) is 0 Å². The van der Waals surface area contributed by atoms with Crippen molar-refractivity contribution in [3.8, 4) is 0 Å². The summed E-state index contributed by atoms with van der Waals surface area (Å²) >= 11 is 3.09. The Morgan fingerprint density at radius 1 is 0.897 bits per heavy atom. The summed E-state index contributed by atoms with van der Waals surface area (Å²) in [6, 6.07) is 3.76. The number of amides is 3. The molecule has 1 aromatic heterocycles. The van der Waals surface area contributed by atoms with E-state index in [4.69, 9.17) is 5.73 Å². The number of thioether (sulfide) groups is 2. The monoisotopic (exact) mass is 579 g/mol. The number of carbonyl (C=O) groups is 4. The van der Waals surface area contributed by atoms with Gasteiger partial charge < -0.3 is 31.8 Å². The Balaban J connectivity index is 2.15. The number of carboxylic acid groups (broad SMARTS) is 1. The van der Waals surface area contributed by atoms with Crippen molar-refractivity contribution in [1.29, 1.82) is 0 Å². The van der Waals surface area contributed by atoms with E-state index in [2.05, 4.69) is 20.9 Å². The Labute approximate surface area is 238 Å². The standard InChI is InChI=1S/C27H41N5O5S2/c1-16(2)13-22(31-24(33)19(28)9-11-38-3)26(35)30-21(10-12-39-4)25(34)32-23(27(36)37)14-17-15-29-20-8-6-5-7-18(17)20/h5-8,15-16,19,21-23,29H,9-14,28H2,1-4H3,(H,30,35)(H,31,33)(H,32,34)(H,36,37). The molecule has 3 amide bonds. The van der Waals surface area contributed by atoms with E-state index >= 15 is 0 Å². The molecule has 0 aliphatic rings. The zero-order valence-corrected chi connectivity index (χ0v) is 24.6. The number of fused-ring (bicyclic) bond motifs is 1. The Hall–Kier alpha value is -2.70. The fraction of sp³-hybridized carbons (Fsp3) is 0.556. The molecule has 1 heterocycles. The molecule has 0 bridgehead atoms. The molecule has 0 saturated carbocycles. The summed E-state index contributed by atoms with van der Waals surface area (Å²) in [5.74, 6) is -1.30. The molecule has 0 spiro atoms. The first-order valence-electron chi connectivity index (χ1n) is 13.0. The molecule has 216 valence electrons. The normalized spacial score (nSPS) is 14.4. The molecule has 0 fully saturated rings. The Morgan fingerprint density at radius 2 is 1.49 bits per heavy atom. The second-order valence-corrected chi connectivity index (χ2v) is 11.9. The molecule has 10 nitrogen and oxygen atoms in total. The van der Waals surface area contributed by atoms with E-state index in [9.17, 15) is 24.3 Å². The van der Waals surface area contributed by atoms with Crippen LogP contribution < -0.4 is 21.7 Å². The van der Waals surface area contributed by atoms with Crippen LogP contribution in [0.3, 0.4) is 0 Å². The lowest BCUT2D eigenvalue weighted by molar-refractivity contribution is -0.142. The topological polar surface area (TPSA) is 166 Å². The van der Waals surface area contributed by atoms with Gasteiger partial charge in [0.05, 0.1) is 6.04 Å². The first-order valence-corrected chi connectivity index (χ1v) is 15.8. The fourth-order valence-corrected chi connectivity index (χ4v) is 5.09. The minimum atomic E-state index is -1.19. The number of benzene rings is 1. The number of nitrogens with one attached hydrogen (secondary N) is 4. The molecule has 0 aliphatic heterocycles. The molecule has 39 heavy (non-hydrogen) atoms. The molecular weight excluding hydrogens is 538 g/mol. The molecule has 0 radical (unpaired) electrons. The smallest absolute Gasteiger partial charge is 0.326 e. The zero-order valence-electron chi connectivity index (χ0n) is 23.0. The zero-order chi connectivity index (χ0) is 28.9. The van der Waals surface area contributed by atoms with E-state index in [0.29, 0.717) is 25.0 Å². The van der Waals surface area contributed by atoms with Crippen molar-refractivity contribution >= 4 is 58.1 Å². The van der Waals surface area contributed by atoms with Crippen LogP contribution in [0, 0.1) is 5.92 Å². The summed E-state index contributed by atoms with van der Waals surface area (Å²) in [5.41, 5.74) is 7.63. The van der Waals surface area contributed by atoms with Crippen molar-refractivity contribution in [3.05, 3.63) is 36.0 Å². The van der Waals surface area contributed by atoms with Gasteiger partial charge in [-0.15, -0.1) is 0 Å². The third-order valence-electron chi connectivity index (χ3n) is 6.27. The highest BCUT2D eigenvalue weighted by Gasteiger charge is 2.31. The van der Waals surface area contributed by atoms with E-state index < -0.39 is 47.9 Å². The van der Waals surface area contributed by atoms with Gasteiger partial charge in [0.1, 0.15) is 18.1 Å². The minimum Gasteiger partial charge on any atom is -0.480 e. The third kappa shape index (κ3) is 10.4. The van der Waals surface area contributed by atoms with Gasteiger partial charge in [-0.2, -0.15) is 23.5 Å². The number of aliphatic carboxylic acids is 1. The number of para-hydroxylation sites is 1. The number of H-pyrrole nitrogens is 1. The molecule has 4 atom stereocenters. The van der Waals surface area contributed by atoms with Gasteiger partial charge in [0.25, 0.3) is 0 Å². The average molecular weight is 580 g/mol. The number of rotatable bonds is 17. The summed E-state index contributed by atoms with van der Waals surface area (Å²) in [6.45, 7) is 3.86. The highest BCUT2D eigenvalue weighted by atomic mass is 32.2. The van der Waals surface area contributed by atoms with Crippen LogP contribution in [0.2, 0.25) is 0 Å². The van der Waals surface area contributed by atoms with E-state index in [-0.39, 0.29) is 12.3 Å². The Morgan fingerprint density at radius 3 is 2.13 bits per heavy atom. The molecule has 1 aromatic carbocycles. The van der Waals surface area contributed by atoms with Gasteiger partial charge in [0.2, 0.25) is 17.7 Å². The second-order valence-electron chi connectivity index (χ2n) is 9.88. The van der Waals surface area contributed by atoms with Crippen LogP contribution in [0.5, 0.6) is 0 Å². The maximum absolute atomic E-state index is 13.3. The lowest BCUT2D eigenvalue weighted by Crippen LogP contribution is -2.57. The average Bonchev–Trinajstić information content (AvgIpc) is 3.30. The summed E-state index contributed by atoms with van der Waals surface area (Å²) in [7, 11) is 0. The highest BCUT2D eigenvalue weighted by molar-refractivity contribution is 7.98. The number of hydrogen-bond donors (Lipinski definition) is 6. The number of aromatic nitrogens is 1. The van der Waals surface area contributed by atoms with Gasteiger partial charge in [0.15, 0.2) is 0 Å². The Bertz CT molecular complexity index is 1110. The molecule has 12 heteroatoms. The first-order chi connectivity index (χ1) is 18.6. The van der Waals surface area contributed by atoms with E-state index in [1.165, 1.54) is 11.8 Å². The molecule has 2 rings (SSSR count). The number of carboxylic acids is 1. The van der Waals surface area contributed by atoms with Gasteiger partial charge >= 0.3 is 5.97 Å². The van der Waals surface area contributed by atoms with E-state index in [1.54, 1.807) is 18.0 Å². The number of nitrogens with two attached hydrogens (primary N) is 1. The summed E-state index contributed by atoms with van der Waals surface area (Å²) in [6.07, 6.45) is 6.77. The first kappa shape index (κ1) is 32.5. The van der Waals surface area contributed by atoms with Crippen LogP contribution in [-0.2, 0) is 25.6 Å². The second kappa shape index (κ2) is 16.4. The van der Waals surface area contributed by atoms with E-state index in [1.807, 2.05) is 50.6 Å². The third-order valence-corrected chi connectivity index (χ3v) is 7.55. The maximum Gasteiger partial charge on any atom is 0.326 e. The van der Waals surface area contributed by atoms with Gasteiger partial charge in [-0.3, -0.25) is 14.4 Å². The maximum atomic E-state index is 13.3. The predicted octanol–water partition coefficient (Wildman–Crippen LogP) is 2.13. The van der Waals surface area contributed by atoms with Crippen LogP contribution in [-0.4, -0.2) is 82.0 Å². The van der Waals surface area contributed by atoms with Gasteiger partial charge in [-0.05, 0) is 60.8 Å². The molecule has 7 N–H and O–H groups in total. The number of aromatic amines is 1. The lowest BCUT2D eigenvalue weighted by Gasteiger charge is -2.26. The number of hydrogen-bond acceptors (Lipinski definition) is 7. The highest BCUT2D eigenvalue weighted by Crippen LogP contribution is 2.19. The van der Waals surface area contributed by atoms with Crippen molar-refractivity contribution in [3.63, 3.8) is 0 Å².